The third kappa shape index (κ3) is 43.6. The second-order valence-electron chi connectivity index (χ2n) is 12.2. The van der Waals surface area contributed by atoms with E-state index in [-0.39, 0.29) is 44.3 Å². The summed E-state index contributed by atoms with van der Waals surface area (Å²) in [5.74, 6) is -0.871. The highest BCUT2D eigenvalue weighted by Crippen LogP contribution is 2.08. The number of nitrogens with two attached hydrogens (primary N) is 1. The Bertz CT molecular complexity index is 767. The number of aldehydes is 2. The van der Waals surface area contributed by atoms with Gasteiger partial charge in [0.25, 0.3) is 0 Å². The van der Waals surface area contributed by atoms with Gasteiger partial charge in [-0.05, 0) is 19.3 Å². The van der Waals surface area contributed by atoms with Crippen LogP contribution >= 0.6 is 0 Å². The molecular formula is C38H74NO11+. The van der Waals surface area contributed by atoms with Crippen LogP contribution < -0.4 is 5.32 Å². The monoisotopic (exact) mass is 721 g/mol. The summed E-state index contributed by atoms with van der Waals surface area (Å²) in [4.78, 5) is 54.5. The molecule has 0 heterocycles. The summed E-state index contributed by atoms with van der Waals surface area (Å²) in [7, 11) is 3.19. The molecule has 50 heavy (non-hydrogen) atoms. The molecule has 0 radical (unpaired) electrons. The first kappa shape index (κ1) is 52.0. The first-order valence-corrected chi connectivity index (χ1v) is 19.1. The van der Waals surface area contributed by atoms with Crippen molar-refractivity contribution in [2.45, 2.75) is 161 Å². The van der Waals surface area contributed by atoms with Crippen molar-refractivity contribution in [3.8, 4) is 0 Å². The van der Waals surface area contributed by atoms with Gasteiger partial charge in [0, 0.05) is 52.7 Å². The van der Waals surface area contributed by atoms with Crippen LogP contribution in [0.2, 0.25) is 0 Å². The number of aliphatic hydroxyl groups is 1. The Morgan fingerprint density at radius 3 is 1.58 bits per heavy atom. The Morgan fingerprint density at radius 2 is 1.04 bits per heavy atom. The number of hydrogen-bond acceptors (Lipinski definition) is 11. The number of carbonyl (C=O) groups excluding carboxylic acids is 5. The number of esters is 3. The minimum absolute atomic E-state index is 0.106. The summed E-state index contributed by atoms with van der Waals surface area (Å²) in [6.07, 6.45) is 19.5. The van der Waals surface area contributed by atoms with E-state index in [0.29, 0.717) is 32.3 Å². The van der Waals surface area contributed by atoms with E-state index in [9.17, 15) is 29.1 Å². The van der Waals surface area contributed by atoms with Gasteiger partial charge in [0.1, 0.15) is 31.9 Å². The number of unbranched alkanes of at least 4 members (excludes halogenated alkanes) is 12. The van der Waals surface area contributed by atoms with Gasteiger partial charge in [-0.25, -0.2) is 0 Å². The Labute approximate surface area is 303 Å². The lowest BCUT2D eigenvalue weighted by Crippen LogP contribution is -2.84. The minimum atomic E-state index is -0.802. The van der Waals surface area contributed by atoms with Crippen LogP contribution in [-0.4, -0.2) is 102 Å². The van der Waals surface area contributed by atoms with Crippen molar-refractivity contribution in [2.24, 2.45) is 0 Å². The smallest absolute Gasteiger partial charge is 0.306 e. The average Bonchev–Trinajstić information content (AvgIpc) is 3.12. The molecule has 0 aromatic rings. The maximum atomic E-state index is 11.7. The van der Waals surface area contributed by atoms with Crippen LogP contribution in [0.25, 0.3) is 0 Å². The van der Waals surface area contributed by atoms with Gasteiger partial charge in [-0.15, -0.1) is 0 Å². The van der Waals surface area contributed by atoms with Crippen molar-refractivity contribution in [3.63, 3.8) is 0 Å². The number of carbonyl (C=O) groups is 5. The van der Waals surface area contributed by atoms with E-state index in [2.05, 4.69) is 26.1 Å². The summed E-state index contributed by atoms with van der Waals surface area (Å²) in [5.41, 5.74) is 0. The summed E-state index contributed by atoms with van der Waals surface area (Å²) in [6, 6.07) is 0. The van der Waals surface area contributed by atoms with Crippen LogP contribution in [-0.2, 0) is 47.7 Å². The van der Waals surface area contributed by atoms with Crippen LogP contribution in [0, 0.1) is 0 Å². The molecule has 0 aliphatic rings. The van der Waals surface area contributed by atoms with E-state index in [4.69, 9.17) is 23.7 Å². The van der Waals surface area contributed by atoms with Crippen molar-refractivity contribution < 1.29 is 58.1 Å². The quantitative estimate of drug-likeness (QED) is 0.0384. The fraction of sp³-hybridized carbons (Fsp3) is 0.868. The molecule has 296 valence electrons. The predicted molar refractivity (Wildman–Crippen MR) is 195 cm³/mol. The number of hydrogen-bond donors (Lipinski definition) is 2. The summed E-state index contributed by atoms with van der Waals surface area (Å²) >= 11 is 0. The van der Waals surface area contributed by atoms with Gasteiger partial charge in [0.2, 0.25) is 0 Å². The largest absolute Gasteiger partial charge is 0.463 e. The van der Waals surface area contributed by atoms with Crippen LogP contribution in [0.3, 0.4) is 0 Å². The highest BCUT2D eigenvalue weighted by atomic mass is 16.6. The molecular weight excluding hydrogens is 646 g/mol. The van der Waals surface area contributed by atoms with Gasteiger partial charge >= 0.3 is 17.9 Å². The molecule has 0 aliphatic heterocycles. The molecule has 0 rings (SSSR count). The van der Waals surface area contributed by atoms with Crippen molar-refractivity contribution in [2.75, 3.05) is 53.7 Å². The fourth-order valence-electron chi connectivity index (χ4n) is 4.36. The average molecular weight is 721 g/mol. The molecule has 0 bridgehead atoms. The fourth-order valence-corrected chi connectivity index (χ4v) is 4.36. The summed E-state index contributed by atoms with van der Waals surface area (Å²) in [6.45, 7) is 8.31. The third-order valence-corrected chi connectivity index (χ3v) is 7.46. The third-order valence-electron chi connectivity index (χ3n) is 7.46. The zero-order valence-corrected chi connectivity index (χ0v) is 32.3. The van der Waals surface area contributed by atoms with Crippen LogP contribution in [0.1, 0.15) is 149 Å². The molecule has 0 aromatic heterocycles. The standard InChI is InChI=1S/C17H31NO6.C14H28O4.C7H14O/c1-2-3-4-8-16(21)23-14-15(13-20)24-17(22)9-7-11-18-10-5-6-12-19;1-4-5-6-7-8-9-10-14(15)18-12-13(17-3)11-16-2;1-2-3-4-5-6-7-8/h12,15,18,20H,2-11,13-14H2,1H3;13H,4-12H2,1-3H3;7H,2-6H2,1H3/p+1. The van der Waals surface area contributed by atoms with Gasteiger partial charge in [-0.2, -0.15) is 0 Å². The summed E-state index contributed by atoms with van der Waals surface area (Å²) < 4.78 is 25.3. The molecule has 2 unspecified atom stereocenters. The molecule has 2 atom stereocenters. The molecule has 0 saturated heterocycles. The van der Waals surface area contributed by atoms with Crippen molar-refractivity contribution in [1.29, 1.82) is 0 Å². The number of methoxy groups -OCH3 is 2. The van der Waals surface area contributed by atoms with Crippen LogP contribution in [0.4, 0.5) is 0 Å². The molecule has 0 fully saturated rings. The molecule has 0 saturated carbocycles. The van der Waals surface area contributed by atoms with Crippen LogP contribution in [0.15, 0.2) is 0 Å². The van der Waals surface area contributed by atoms with Crippen molar-refractivity contribution in [1.82, 2.24) is 0 Å². The highest BCUT2D eigenvalue weighted by Gasteiger charge is 2.16. The molecule has 0 spiro atoms. The van der Waals surface area contributed by atoms with Gasteiger partial charge in [0.05, 0.1) is 32.7 Å². The Hall–Kier alpha value is -2.41. The first-order valence-electron chi connectivity index (χ1n) is 19.1. The minimum Gasteiger partial charge on any atom is -0.463 e. The van der Waals surface area contributed by atoms with Crippen LogP contribution in [0.5, 0.6) is 0 Å². The van der Waals surface area contributed by atoms with Crippen molar-refractivity contribution >= 4 is 30.5 Å². The molecule has 0 aromatic carbocycles. The predicted octanol–water partition coefficient (Wildman–Crippen LogP) is 5.43. The molecule has 3 N–H and O–H groups in total. The number of aliphatic hydroxyl groups excluding tert-OH is 1. The zero-order chi connectivity index (χ0) is 37.9. The van der Waals surface area contributed by atoms with Crippen molar-refractivity contribution in [3.05, 3.63) is 0 Å². The maximum Gasteiger partial charge on any atom is 0.306 e. The van der Waals surface area contributed by atoms with Gasteiger partial charge in [-0.1, -0.05) is 85.0 Å². The van der Waals surface area contributed by atoms with Gasteiger partial charge in [0.15, 0.2) is 6.10 Å². The number of rotatable bonds is 33. The van der Waals surface area contributed by atoms with E-state index in [0.717, 1.165) is 77.0 Å². The SMILES string of the molecule is CCCCCC(=O)OCC(CO)OC(=O)CCC[NH2+]CCCC=O.CCCCCCC=O.CCCCCCCCC(=O)OCC(COC)OC. The topological polar surface area (TPSA) is 168 Å². The van der Waals surface area contributed by atoms with E-state index >= 15 is 0 Å². The highest BCUT2D eigenvalue weighted by molar-refractivity contribution is 5.70. The van der Waals surface area contributed by atoms with E-state index < -0.39 is 12.1 Å². The first-order chi connectivity index (χ1) is 24.3. The lowest BCUT2D eigenvalue weighted by Gasteiger charge is -2.15. The molecule has 12 nitrogen and oxygen atoms in total. The number of quaternary nitrogens is 1. The van der Waals surface area contributed by atoms with Gasteiger partial charge < -0.3 is 43.7 Å². The Kier molecular flexibility index (Phi) is 46.4. The molecule has 12 heteroatoms. The zero-order valence-electron chi connectivity index (χ0n) is 32.3. The Morgan fingerprint density at radius 1 is 0.580 bits per heavy atom. The lowest BCUT2D eigenvalue weighted by atomic mass is 10.1. The number of ether oxygens (including phenoxy) is 5. The lowest BCUT2D eigenvalue weighted by molar-refractivity contribution is -0.655. The normalized spacial score (nSPS) is 11.6. The van der Waals surface area contributed by atoms with Gasteiger partial charge in [-0.3, -0.25) is 14.4 Å². The second-order valence-corrected chi connectivity index (χ2v) is 12.2. The Balaban J connectivity index is -0.000000744. The molecule has 0 aliphatic carbocycles. The molecule has 0 amide bonds. The van der Waals surface area contributed by atoms with E-state index in [1.165, 1.54) is 44.9 Å². The second kappa shape index (κ2) is 44.6. The van der Waals surface area contributed by atoms with E-state index in [1.54, 1.807) is 14.2 Å². The summed E-state index contributed by atoms with van der Waals surface area (Å²) in [5, 5.41) is 11.2. The van der Waals surface area contributed by atoms with E-state index in [1.807, 2.05) is 0 Å². The maximum absolute atomic E-state index is 11.7.